The molecule has 1 aliphatic heterocycles. The van der Waals surface area contributed by atoms with E-state index in [2.05, 4.69) is 83.4 Å². The van der Waals surface area contributed by atoms with E-state index in [0.29, 0.717) is 0 Å². The molecule has 0 atom stereocenters. The second-order valence-electron chi connectivity index (χ2n) is 6.59. The van der Waals surface area contributed by atoms with Crippen LogP contribution in [-0.4, -0.2) is 4.57 Å². The molecule has 1 heteroatoms. The van der Waals surface area contributed by atoms with Crippen LogP contribution in [0.4, 0.5) is 0 Å². The third kappa shape index (κ3) is 2.09. The highest BCUT2D eigenvalue weighted by Gasteiger charge is 2.18. The van der Waals surface area contributed by atoms with Gasteiger partial charge in [-0.2, -0.15) is 0 Å². The Balaban J connectivity index is 1.77. The lowest BCUT2D eigenvalue weighted by Gasteiger charge is -2.19. The van der Waals surface area contributed by atoms with Gasteiger partial charge in [0, 0.05) is 17.6 Å². The molecule has 1 aromatic heterocycles. The van der Waals surface area contributed by atoms with Crippen molar-refractivity contribution in [1.29, 1.82) is 0 Å². The van der Waals surface area contributed by atoms with E-state index in [4.69, 9.17) is 0 Å². The molecule has 5 rings (SSSR count). The first-order valence-corrected chi connectivity index (χ1v) is 8.67. The molecule has 0 bridgehead atoms. The van der Waals surface area contributed by atoms with Gasteiger partial charge >= 0.3 is 0 Å². The fraction of sp³-hybridized carbons (Fsp3) is 0.130. The maximum absolute atomic E-state index is 2.51. The summed E-state index contributed by atoms with van der Waals surface area (Å²) in [5.74, 6) is 0. The Morgan fingerprint density at radius 2 is 1.38 bits per heavy atom. The van der Waals surface area contributed by atoms with Gasteiger partial charge in [0.2, 0.25) is 0 Å². The Morgan fingerprint density at radius 3 is 2.12 bits per heavy atom. The molecular weight excluding hydrogens is 290 g/mol. The monoisotopic (exact) mass is 309 g/mol. The molecule has 0 unspecified atom stereocenters. The molecule has 1 aliphatic rings. The molecule has 116 valence electrons. The van der Waals surface area contributed by atoms with Crippen LogP contribution in [0.3, 0.4) is 0 Å². The Hall–Kier alpha value is -2.80. The fourth-order valence-electron chi connectivity index (χ4n) is 4.00. The van der Waals surface area contributed by atoms with Crippen molar-refractivity contribution < 1.29 is 0 Å². The first-order valence-electron chi connectivity index (χ1n) is 8.67. The van der Waals surface area contributed by atoms with Gasteiger partial charge in [-0.15, -0.1) is 0 Å². The third-order valence-corrected chi connectivity index (χ3v) is 5.08. The topological polar surface area (TPSA) is 4.93 Å². The van der Waals surface area contributed by atoms with E-state index in [-0.39, 0.29) is 0 Å². The lowest BCUT2D eigenvalue weighted by atomic mass is 9.97. The van der Waals surface area contributed by atoms with Crippen LogP contribution in [-0.2, 0) is 13.0 Å². The maximum atomic E-state index is 2.51. The average Bonchev–Trinajstić information content (AvgIpc) is 3.03. The van der Waals surface area contributed by atoms with Gasteiger partial charge in [-0.3, -0.25) is 0 Å². The van der Waals surface area contributed by atoms with Crippen LogP contribution < -0.4 is 0 Å². The molecule has 0 fully saturated rings. The Bertz CT molecular complexity index is 1010. The lowest BCUT2D eigenvalue weighted by molar-refractivity contribution is 0.641. The highest BCUT2D eigenvalue weighted by molar-refractivity contribution is 5.93. The first kappa shape index (κ1) is 13.6. The summed E-state index contributed by atoms with van der Waals surface area (Å²) in [7, 11) is 0. The number of aryl methyl sites for hydroxylation is 2. The van der Waals surface area contributed by atoms with E-state index < -0.39 is 0 Å². The molecule has 1 nitrogen and oxygen atoms in total. The van der Waals surface area contributed by atoms with Crippen LogP contribution in [0.25, 0.3) is 33.3 Å². The Kier molecular flexibility index (Phi) is 3.05. The molecule has 0 aliphatic carbocycles. The van der Waals surface area contributed by atoms with Crippen molar-refractivity contribution in [2.45, 2.75) is 19.4 Å². The van der Waals surface area contributed by atoms with E-state index in [1.165, 1.54) is 51.7 Å². The van der Waals surface area contributed by atoms with Crippen molar-refractivity contribution in [2.75, 3.05) is 0 Å². The summed E-state index contributed by atoms with van der Waals surface area (Å²) in [5.41, 5.74) is 8.20. The zero-order valence-corrected chi connectivity index (χ0v) is 13.6. The lowest BCUT2D eigenvalue weighted by Crippen LogP contribution is -2.08. The van der Waals surface area contributed by atoms with Crippen LogP contribution in [0, 0.1) is 0 Å². The van der Waals surface area contributed by atoms with Gasteiger partial charge < -0.3 is 4.57 Å². The maximum Gasteiger partial charge on any atom is 0.0518 e. The molecule has 0 saturated heterocycles. The molecule has 0 N–H and O–H groups in total. The van der Waals surface area contributed by atoms with Crippen molar-refractivity contribution >= 4 is 10.9 Å². The standard InChI is InChI=1S/C23H19N/c1-3-8-17(9-4-1)20-14-19-12-7-13-24-22(16-21(15-20)23(19)24)18-10-5-2-6-11-18/h1-6,8-11,14-16H,7,12-13H2. The summed E-state index contributed by atoms with van der Waals surface area (Å²) >= 11 is 0. The summed E-state index contributed by atoms with van der Waals surface area (Å²) in [5, 5.41) is 1.37. The number of hydrogen-bond donors (Lipinski definition) is 0. The highest BCUT2D eigenvalue weighted by atomic mass is 15.0. The predicted octanol–water partition coefficient (Wildman–Crippen LogP) is 5.92. The second-order valence-corrected chi connectivity index (χ2v) is 6.59. The van der Waals surface area contributed by atoms with Crippen molar-refractivity contribution in [3.05, 3.63) is 84.4 Å². The Labute approximate surface area is 142 Å². The van der Waals surface area contributed by atoms with Crippen LogP contribution in [0.15, 0.2) is 78.9 Å². The van der Waals surface area contributed by atoms with Crippen molar-refractivity contribution in [3.8, 4) is 22.4 Å². The molecule has 3 aromatic carbocycles. The molecule has 0 radical (unpaired) electrons. The number of nitrogens with zero attached hydrogens (tertiary/aromatic N) is 1. The summed E-state index contributed by atoms with van der Waals surface area (Å²) < 4.78 is 2.51. The van der Waals surface area contributed by atoms with Crippen molar-refractivity contribution in [2.24, 2.45) is 0 Å². The van der Waals surface area contributed by atoms with Gasteiger partial charge in [-0.05, 0) is 53.3 Å². The van der Waals surface area contributed by atoms with E-state index >= 15 is 0 Å². The smallest absolute Gasteiger partial charge is 0.0518 e. The summed E-state index contributed by atoms with van der Waals surface area (Å²) in [6, 6.07) is 28.6. The molecular formula is C23H19N. The largest absolute Gasteiger partial charge is 0.340 e. The minimum Gasteiger partial charge on any atom is -0.340 e. The molecule has 0 spiro atoms. The minimum absolute atomic E-state index is 1.12. The van der Waals surface area contributed by atoms with Crippen LogP contribution in [0.1, 0.15) is 12.0 Å². The van der Waals surface area contributed by atoms with Gasteiger partial charge in [0.25, 0.3) is 0 Å². The minimum atomic E-state index is 1.12. The van der Waals surface area contributed by atoms with Crippen molar-refractivity contribution in [3.63, 3.8) is 0 Å². The van der Waals surface area contributed by atoms with Crippen molar-refractivity contribution in [1.82, 2.24) is 4.57 Å². The first-order chi connectivity index (χ1) is 11.9. The zero-order chi connectivity index (χ0) is 15.9. The summed E-state index contributed by atoms with van der Waals surface area (Å²) in [4.78, 5) is 0. The molecule has 4 aromatic rings. The molecule has 0 amide bonds. The summed E-state index contributed by atoms with van der Waals surface area (Å²) in [6.45, 7) is 1.12. The van der Waals surface area contributed by atoms with Gasteiger partial charge in [0.1, 0.15) is 0 Å². The van der Waals surface area contributed by atoms with Gasteiger partial charge in [0.05, 0.1) is 5.52 Å². The number of rotatable bonds is 2. The molecule has 2 heterocycles. The molecule has 0 saturated carbocycles. The average molecular weight is 309 g/mol. The molecule has 24 heavy (non-hydrogen) atoms. The van der Waals surface area contributed by atoms with E-state index in [9.17, 15) is 0 Å². The third-order valence-electron chi connectivity index (χ3n) is 5.08. The zero-order valence-electron chi connectivity index (χ0n) is 13.6. The predicted molar refractivity (Wildman–Crippen MR) is 101 cm³/mol. The van der Waals surface area contributed by atoms with E-state index in [1.54, 1.807) is 0 Å². The number of benzene rings is 3. The normalized spacial score (nSPS) is 13.3. The van der Waals surface area contributed by atoms with Crippen LogP contribution >= 0.6 is 0 Å². The fourth-order valence-corrected chi connectivity index (χ4v) is 4.00. The quantitative estimate of drug-likeness (QED) is 0.433. The highest BCUT2D eigenvalue weighted by Crippen LogP contribution is 2.36. The number of hydrogen-bond acceptors (Lipinski definition) is 0. The summed E-state index contributed by atoms with van der Waals surface area (Å²) in [6.07, 6.45) is 2.39. The second kappa shape index (κ2) is 5.38. The van der Waals surface area contributed by atoms with Crippen LogP contribution in [0.2, 0.25) is 0 Å². The van der Waals surface area contributed by atoms with Gasteiger partial charge in [0.15, 0.2) is 0 Å². The van der Waals surface area contributed by atoms with Gasteiger partial charge in [-0.25, -0.2) is 0 Å². The van der Waals surface area contributed by atoms with E-state index in [0.717, 1.165) is 6.54 Å². The van der Waals surface area contributed by atoms with E-state index in [1.807, 2.05) is 0 Å². The van der Waals surface area contributed by atoms with Gasteiger partial charge in [-0.1, -0.05) is 60.7 Å². The van der Waals surface area contributed by atoms with Crippen LogP contribution in [0.5, 0.6) is 0 Å². The number of aromatic nitrogens is 1. The SMILES string of the molecule is c1ccc(-c2cc3c4c(c2)cc(-c2ccccc2)n4CCC3)cc1. The Morgan fingerprint density at radius 1 is 0.667 bits per heavy atom.